The van der Waals surface area contributed by atoms with Crippen molar-refractivity contribution in [1.82, 2.24) is 4.90 Å². The molecule has 206 valence electrons. The molecule has 0 spiro atoms. The number of ether oxygens (including phenoxy) is 1. The van der Waals surface area contributed by atoms with Crippen LogP contribution in [0.3, 0.4) is 0 Å². The van der Waals surface area contributed by atoms with Gasteiger partial charge in [-0.05, 0) is 59.1 Å². The Bertz CT molecular complexity index is 1760. The van der Waals surface area contributed by atoms with E-state index in [2.05, 4.69) is 10.6 Å². The van der Waals surface area contributed by atoms with Gasteiger partial charge in [0.25, 0.3) is 12.5 Å². The Morgan fingerprint density at radius 3 is 2.66 bits per heavy atom. The number of aliphatic hydroxyl groups is 1. The molecule has 5 rings (SSSR count). The number of aliphatic carboxylic acids is 1. The molecule has 3 aromatic carbocycles. The monoisotopic (exact) mass is 557 g/mol. The number of aliphatic hydroxyl groups excluding tert-OH is 1. The molecule has 1 fully saturated rings. The third-order valence-electron chi connectivity index (χ3n) is 6.80. The fourth-order valence-corrected chi connectivity index (χ4v) is 4.83. The SMILES string of the molecule is C#[N+]C(=C=CO)c1cc2c(F)c(F)cc(-c3ccc(OCc4cccc(C(=O)N5CCC[C@H]5C(=O)O)c4)cc3)c2o1. The maximum Gasteiger partial charge on any atom is 0.427 e. The van der Waals surface area contributed by atoms with E-state index in [0.29, 0.717) is 48.1 Å². The molecule has 1 aliphatic heterocycles. The number of nitrogens with zero attached hydrogens (tertiary/aromatic N) is 2. The fraction of sp³-hybridized carbons (Fsp3) is 0.161. The molecule has 41 heavy (non-hydrogen) atoms. The van der Waals surface area contributed by atoms with Crippen molar-refractivity contribution < 1.29 is 37.7 Å². The van der Waals surface area contributed by atoms with Gasteiger partial charge in [0.1, 0.15) is 30.2 Å². The largest absolute Gasteiger partial charge is 0.507 e. The smallest absolute Gasteiger partial charge is 0.427 e. The standard InChI is InChI=1S/C31H22F2N2O6/c1-34-25(11-13-36)27-16-23-28(33)24(32)15-22(29(23)41-27)19-7-9-21(10-8-19)40-17-18-4-2-5-20(14-18)30(37)35-12-3-6-26(35)31(38)39/h1-2,4-5,7-10,13-16,26H,3,6,12,17H2,(H-,36,38,39)/p+1/t11?,26-/m0/s1. The Morgan fingerprint density at radius 2 is 1.95 bits per heavy atom. The number of furan rings is 1. The first-order valence-electron chi connectivity index (χ1n) is 12.6. The van der Waals surface area contributed by atoms with Gasteiger partial charge in [0, 0.05) is 29.5 Å². The van der Waals surface area contributed by atoms with Crippen molar-refractivity contribution in [2.24, 2.45) is 0 Å². The molecule has 0 aliphatic carbocycles. The molecule has 1 aromatic heterocycles. The van der Waals surface area contributed by atoms with E-state index in [1.54, 1.807) is 48.5 Å². The van der Waals surface area contributed by atoms with E-state index < -0.39 is 23.6 Å². The van der Waals surface area contributed by atoms with Crippen molar-refractivity contribution in [2.45, 2.75) is 25.5 Å². The van der Waals surface area contributed by atoms with E-state index in [1.165, 1.54) is 11.0 Å². The molecule has 0 bridgehead atoms. The molecule has 1 aliphatic rings. The number of carbonyl (C=O) groups is 2. The van der Waals surface area contributed by atoms with Gasteiger partial charge in [0.2, 0.25) is 5.76 Å². The van der Waals surface area contributed by atoms with Crippen molar-refractivity contribution in [3.8, 4) is 23.4 Å². The second kappa shape index (κ2) is 11.4. The van der Waals surface area contributed by atoms with Crippen LogP contribution in [-0.4, -0.2) is 39.6 Å². The lowest BCUT2D eigenvalue weighted by atomic mass is 10.0. The van der Waals surface area contributed by atoms with E-state index in [9.17, 15) is 23.5 Å². The quantitative estimate of drug-likeness (QED) is 0.196. The number of carboxylic acid groups (broad SMARTS) is 1. The third-order valence-corrected chi connectivity index (χ3v) is 6.80. The van der Waals surface area contributed by atoms with E-state index in [0.717, 1.165) is 6.07 Å². The molecule has 1 saturated heterocycles. The predicted molar refractivity (Wildman–Crippen MR) is 146 cm³/mol. The van der Waals surface area contributed by atoms with Crippen molar-refractivity contribution in [1.29, 1.82) is 0 Å². The second-order valence-corrected chi connectivity index (χ2v) is 9.33. The van der Waals surface area contributed by atoms with Crippen LogP contribution in [0.5, 0.6) is 5.75 Å². The lowest BCUT2D eigenvalue weighted by Gasteiger charge is -2.21. The molecule has 4 aromatic rings. The highest BCUT2D eigenvalue weighted by Gasteiger charge is 2.34. The van der Waals surface area contributed by atoms with Gasteiger partial charge in [-0.15, -0.1) is 0 Å². The maximum absolute atomic E-state index is 14.6. The third kappa shape index (κ3) is 5.39. The molecule has 0 radical (unpaired) electrons. The topological polar surface area (TPSA) is 105 Å². The highest BCUT2D eigenvalue weighted by Crippen LogP contribution is 2.36. The van der Waals surface area contributed by atoms with Gasteiger partial charge in [-0.2, -0.15) is 0 Å². The van der Waals surface area contributed by atoms with Crippen LogP contribution in [0, 0.1) is 18.2 Å². The van der Waals surface area contributed by atoms with Crippen LogP contribution in [0.15, 0.2) is 77.1 Å². The average molecular weight is 558 g/mol. The molecule has 8 nitrogen and oxygen atoms in total. The first-order chi connectivity index (χ1) is 19.8. The van der Waals surface area contributed by atoms with Crippen molar-refractivity contribution in [3.05, 3.63) is 106 Å². The number of fused-ring (bicyclic) bond motifs is 1. The summed E-state index contributed by atoms with van der Waals surface area (Å²) < 4.78 is 40.6. The van der Waals surface area contributed by atoms with E-state index in [1.807, 2.05) is 0 Å². The predicted octanol–water partition coefficient (Wildman–Crippen LogP) is 6.62. The first-order valence-corrected chi connectivity index (χ1v) is 12.6. The van der Waals surface area contributed by atoms with Gasteiger partial charge in [0.15, 0.2) is 11.6 Å². The van der Waals surface area contributed by atoms with Gasteiger partial charge >= 0.3 is 11.7 Å². The van der Waals surface area contributed by atoms with Gasteiger partial charge < -0.3 is 24.3 Å². The van der Waals surface area contributed by atoms with Crippen molar-refractivity contribution in [3.63, 3.8) is 0 Å². The maximum atomic E-state index is 14.6. The number of benzene rings is 3. The number of hydrogen-bond acceptors (Lipinski definition) is 5. The number of hydrogen-bond donors (Lipinski definition) is 2. The van der Waals surface area contributed by atoms with E-state index >= 15 is 0 Å². The summed E-state index contributed by atoms with van der Waals surface area (Å²) in [6.45, 7) is 5.83. The highest BCUT2D eigenvalue weighted by atomic mass is 19.2. The molecular weight excluding hydrogens is 534 g/mol. The van der Waals surface area contributed by atoms with Crippen LogP contribution in [-0.2, 0) is 11.4 Å². The number of halogens is 2. The summed E-state index contributed by atoms with van der Waals surface area (Å²) in [6, 6.07) is 14.8. The zero-order chi connectivity index (χ0) is 29.1. The summed E-state index contributed by atoms with van der Waals surface area (Å²) in [7, 11) is 0. The average Bonchev–Trinajstić information content (AvgIpc) is 3.65. The van der Waals surface area contributed by atoms with Gasteiger partial charge in [0.05, 0.1) is 5.39 Å². The summed E-state index contributed by atoms with van der Waals surface area (Å²) in [4.78, 5) is 29.2. The second-order valence-electron chi connectivity index (χ2n) is 9.33. The molecule has 0 unspecified atom stereocenters. The van der Waals surface area contributed by atoms with Crippen LogP contribution in [0.4, 0.5) is 8.78 Å². The van der Waals surface area contributed by atoms with Crippen LogP contribution < -0.4 is 4.74 Å². The van der Waals surface area contributed by atoms with Gasteiger partial charge in [-0.25, -0.2) is 13.6 Å². The first kappa shape index (κ1) is 27.2. The lowest BCUT2D eigenvalue weighted by Crippen LogP contribution is -2.40. The van der Waals surface area contributed by atoms with Gasteiger partial charge in [-0.3, -0.25) is 4.79 Å². The van der Waals surface area contributed by atoms with Crippen LogP contribution >= 0.6 is 0 Å². The normalized spacial score (nSPS) is 14.4. The minimum atomic E-state index is -1.10. The van der Waals surface area contributed by atoms with Crippen molar-refractivity contribution in [2.75, 3.05) is 6.54 Å². The Kier molecular flexibility index (Phi) is 7.55. The van der Waals surface area contributed by atoms with E-state index in [4.69, 9.17) is 20.8 Å². The van der Waals surface area contributed by atoms with E-state index in [-0.39, 0.29) is 40.5 Å². The number of carbonyl (C=O) groups excluding carboxylic acids is 1. The van der Waals surface area contributed by atoms with Crippen molar-refractivity contribution >= 4 is 28.5 Å². The number of rotatable bonds is 7. The highest BCUT2D eigenvalue weighted by molar-refractivity contribution is 5.97. The van der Waals surface area contributed by atoms with Crippen LogP contribution in [0.25, 0.3) is 32.6 Å². The molecule has 1 atom stereocenters. The Balaban J connectivity index is 1.35. The molecule has 10 heteroatoms. The van der Waals surface area contributed by atoms with Crippen LogP contribution in [0.1, 0.15) is 34.5 Å². The molecule has 2 heterocycles. The molecule has 0 saturated carbocycles. The number of likely N-dealkylation sites (tertiary alicyclic amines) is 1. The molecule has 1 amide bonds. The summed E-state index contributed by atoms with van der Waals surface area (Å²) in [6.07, 6.45) is 1.65. The Hall–Kier alpha value is -5.39. The van der Waals surface area contributed by atoms with Crippen LogP contribution in [0.2, 0.25) is 0 Å². The van der Waals surface area contributed by atoms with Gasteiger partial charge in [-0.1, -0.05) is 24.3 Å². The number of carboxylic acids is 1. The Labute approximate surface area is 232 Å². The zero-order valence-corrected chi connectivity index (χ0v) is 21.5. The fourth-order valence-electron chi connectivity index (χ4n) is 4.83. The summed E-state index contributed by atoms with van der Waals surface area (Å²) in [5, 5.41) is 18.3. The zero-order valence-electron chi connectivity index (χ0n) is 21.5. The Morgan fingerprint density at radius 1 is 1.17 bits per heavy atom. The minimum absolute atomic E-state index is 0.0116. The summed E-state index contributed by atoms with van der Waals surface area (Å²) >= 11 is 0. The minimum Gasteiger partial charge on any atom is -0.507 e. The lowest BCUT2D eigenvalue weighted by molar-refractivity contribution is -0.141. The summed E-state index contributed by atoms with van der Waals surface area (Å²) in [5.41, 5.74) is 4.19. The number of amides is 1. The summed E-state index contributed by atoms with van der Waals surface area (Å²) in [5.74, 6) is -3.06. The molecular formula is C31H23F2N2O6+. The molecule has 2 N–H and O–H groups in total.